The van der Waals surface area contributed by atoms with Gasteiger partial charge in [-0.05, 0) is 37.9 Å². The number of nitrogens with one attached hydrogen (secondary N) is 1. The van der Waals surface area contributed by atoms with Gasteiger partial charge in [0.05, 0.1) is 5.02 Å². The van der Waals surface area contributed by atoms with E-state index in [0.717, 1.165) is 19.5 Å². The fourth-order valence-corrected chi connectivity index (χ4v) is 5.69. The topological polar surface area (TPSA) is 49.4 Å². The van der Waals surface area contributed by atoms with Crippen LogP contribution in [0.3, 0.4) is 0 Å². The summed E-state index contributed by atoms with van der Waals surface area (Å²) in [6.07, 6.45) is 0.918. The summed E-state index contributed by atoms with van der Waals surface area (Å²) in [6, 6.07) is 6.77. The van der Waals surface area contributed by atoms with E-state index in [1.165, 1.54) is 0 Å². The lowest BCUT2D eigenvalue weighted by Crippen LogP contribution is -2.42. The monoisotopic (exact) mass is 300 g/mol. The van der Waals surface area contributed by atoms with E-state index in [0.29, 0.717) is 10.9 Å². The molecule has 4 nitrogen and oxygen atoms in total. The molecule has 0 amide bonds. The number of hydrogen-bond acceptors (Lipinski definition) is 3. The zero-order valence-corrected chi connectivity index (χ0v) is 12.3. The molecule has 0 radical (unpaired) electrons. The quantitative estimate of drug-likeness (QED) is 0.904. The van der Waals surface area contributed by atoms with Crippen LogP contribution in [0.2, 0.25) is 5.02 Å². The van der Waals surface area contributed by atoms with Crippen LogP contribution in [0.25, 0.3) is 0 Å². The lowest BCUT2D eigenvalue weighted by molar-refractivity contribution is 0.336. The van der Waals surface area contributed by atoms with Gasteiger partial charge in [-0.15, -0.1) is 0 Å². The summed E-state index contributed by atoms with van der Waals surface area (Å²) in [4.78, 5) is 0.219. The second-order valence-corrected chi connectivity index (χ2v) is 7.55. The van der Waals surface area contributed by atoms with Gasteiger partial charge in [0.25, 0.3) is 0 Å². The summed E-state index contributed by atoms with van der Waals surface area (Å²) in [5, 5.41) is 3.57. The normalized spacial score (nSPS) is 31.6. The van der Waals surface area contributed by atoms with Crippen LogP contribution in [-0.2, 0) is 10.0 Å². The van der Waals surface area contributed by atoms with Crippen LogP contribution in [0.15, 0.2) is 29.2 Å². The lowest BCUT2D eigenvalue weighted by Gasteiger charge is -2.27. The van der Waals surface area contributed by atoms with Crippen molar-refractivity contribution in [1.29, 1.82) is 0 Å². The first kappa shape index (κ1) is 13.4. The number of fused-ring (bicyclic) bond motifs is 1. The molecule has 2 fully saturated rings. The zero-order chi connectivity index (χ0) is 13.6. The Kier molecular flexibility index (Phi) is 3.33. The highest BCUT2D eigenvalue weighted by Crippen LogP contribution is 2.38. The van der Waals surface area contributed by atoms with Crippen LogP contribution in [0.5, 0.6) is 0 Å². The Labute approximate surface area is 118 Å². The van der Waals surface area contributed by atoms with Gasteiger partial charge in [-0.3, -0.25) is 0 Å². The highest BCUT2D eigenvalue weighted by atomic mass is 35.5. The van der Waals surface area contributed by atoms with Crippen LogP contribution in [0.1, 0.15) is 13.3 Å². The van der Waals surface area contributed by atoms with Crippen molar-refractivity contribution in [3.63, 3.8) is 0 Å². The molecule has 0 aliphatic carbocycles. The number of halogens is 1. The Morgan fingerprint density at radius 3 is 2.79 bits per heavy atom. The smallest absolute Gasteiger partial charge is 0.245 e. The lowest BCUT2D eigenvalue weighted by atomic mass is 10.0. The van der Waals surface area contributed by atoms with Crippen molar-refractivity contribution in [2.45, 2.75) is 30.3 Å². The third-order valence-electron chi connectivity index (χ3n) is 4.10. The molecule has 104 valence electrons. The van der Waals surface area contributed by atoms with Gasteiger partial charge in [-0.2, -0.15) is 4.31 Å². The molecule has 0 aromatic heterocycles. The molecule has 0 spiro atoms. The number of benzene rings is 1. The fourth-order valence-electron chi connectivity index (χ4n) is 3.31. The molecule has 2 aliphatic rings. The van der Waals surface area contributed by atoms with E-state index in [1.54, 1.807) is 28.6 Å². The third-order valence-corrected chi connectivity index (χ3v) is 6.64. The van der Waals surface area contributed by atoms with Crippen LogP contribution in [0.4, 0.5) is 0 Å². The average Bonchev–Trinajstić information content (AvgIpc) is 2.88. The Bertz CT molecular complexity index is 590. The SMILES string of the molecule is CC1CC2CNCC2N1S(=O)(=O)c1ccccc1Cl. The number of sulfonamides is 1. The first-order chi connectivity index (χ1) is 9.01. The Morgan fingerprint density at radius 1 is 1.32 bits per heavy atom. The van der Waals surface area contributed by atoms with Crippen LogP contribution >= 0.6 is 11.6 Å². The van der Waals surface area contributed by atoms with E-state index < -0.39 is 10.0 Å². The molecule has 3 unspecified atom stereocenters. The summed E-state index contributed by atoms with van der Waals surface area (Å²) in [7, 11) is -3.51. The molecule has 1 N–H and O–H groups in total. The van der Waals surface area contributed by atoms with E-state index >= 15 is 0 Å². The molecule has 6 heteroatoms. The minimum atomic E-state index is -3.51. The minimum Gasteiger partial charge on any atom is -0.315 e. The maximum atomic E-state index is 12.8. The third kappa shape index (κ3) is 2.09. The molecule has 1 aromatic carbocycles. The Hall–Kier alpha value is -0.620. The number of rotatable bonds is 2. The highest BCUT2D eigenvalue weighted by molar-refractivity contribution is 7.89. The second-order valence-electron chi connectivity index (χ2n) is 5.34. The largest absolute Gasteiger partial charge is 0.315 e. The zero-order valence-electron chi connectivity index (χ0n) is 10.7. The molecular weight excluding hydrogens is 284 g/mol. The molecule has 2 saturated heterocycles. The molecule has 1 aromatic rings. The molecule has 3 atom stereocenters. The van der Waals surface area contributed by atoms with Gasteiger partial charge in [0, 0.05) is 18.6 Å². The fraction of sp³-hybridized carbons (Fsp3) is 0.538. The van der Waals surface area contributed by atoms with Crippen LogP contribution in [0, 0.1) is 5.92 Å². The molecule has 2 heterocycles. The van der Waals surface area contributed by atoms with Crippen molar-refractivity contribution >= 4 is 21.6 Å². The van der Waals surface area contributed by atoms with E-state index in [9.17, 15) is 8.42 Å². The summed E-state index contributed by atoms with van der Waals surface area (Å²) in [5.41, 5.74) is 0. The van der Waals surface area contributed by atoms with E-state index in [4.69, 9.17) is 11.6 Å². The van der Waals surface area contributed by atoms with Crippen LogP contribution < -0.4 is 5.32 Å². The van der Waals surface area contributed by atoms with Crippen molar-refractivity contribution in [3.8, 4) is 0 Å². The van der Waals surface area contributed by atoms with Crippen LogP contribution in [-0.4, -0.2) is 37.9 Å². The average molecular weight is 301 g/mol. The van der Waals surface area contributed by atoms with Crippen molar-refractivity contribution in [2.24, 2.45) is 5.92 Å². The highest BCUT2D eigenvalue weighted by Gasteiger charge is 2.48. The van der Waals surface area contributed by atoms with Gasteiger partial charge >= 0.3 is 0 Å². The minimum absolute atomic E-state index is 0.0402. The van der Waals surface area contributed by atoms with Gasteiger partial charge in [-0.25, -0.2) is 8.42 Å². The van der Waals surface area contributed by atoms with E-state index in [2.05, 4.69) is 5.32 Å². The number of hydrogen-bond donors (Lipinski definition) is 1. The predicted molar refractivity (Wildman–Crippen MR) is 74.7 cm³/mol. The van der Waals surface area contributed by atoms with Crippen molar-refractivity contribution in [2.75, 3.05) is 13.1 Å². The Balaban J connectivity index is 2.03. The van der Waals surface area contributed by atoms with Gasteiger partial charge in [0.2, 0.25) is 10.0 Å². The van der Waals surface area contributed by atoms with E-state index in [1.807, 2.05) is 6.92 Å². The standard InChI is InChI=1S/C13H17ClN2O2S/c1-9-6-10-7-15-8-12(10)16(9)19(17,18)13-5-3-2-4-11(13)14/h2-5,9-10,12,15H,6-8H2,1H3. The maximum absolute atomic E-state index is 12.8. The molecule has 0 saturated carbocycles. The van der Waals surface area contributed by atoms with E-state index in [-0.39, 0.29) is 17.0 Å². The first-order valence-electron chi connectivity index (χ1n) is 6.50. The van der Waals surface area contributed by atoms with Gasteiger partial charge in [0.1, 0.15) is 4.90 Å². The number of nitrogens with zero attached hydrogens (tertiary/aromatic N) is 1. The summed E-state index contributed by atoms with van der Waals surface area (Å²) < 4.78 is 27.3. The summed E-state index contributed by atoms with van der Waals surface area (Å²) >= 11 is 6.06. The second kappa shape index (κ2) is 4.74. The first-order valence-corrected chi connectivity index (χ1v) is 8.32. The van der Waals surface area contributed by atoms with Gasteiger partial charge in [-0.1, -0.05) is 23.7 Å². The molecule has 0 bridgehead atoms. The van der Waals surface area contributed by atoms with Crippen molar-refractivity contribution in [1.82, 2.24) is 9.62 Å². The van der Waals surface area contributed by atoms with Crippen molar-refractivity contribution in [3.05, 3.63) is 29.3 Å². The van der Waals surface area contributed by atoms with Gasteiger partial charge < -0.3 is 5.32 Å². The summed E-state index contributed by atoms with van der Waals surface area (Å²) in [5.74, 6) is 0.423. The van der Waals surface area contributed by atoms with Crippen molar-refractivity contribution < 1.29 is 8.42 Å². The predicted octanol–water partition coefficient (Wildman–Crippen LogP) is 1.71. The Morgan fingerprint density at radius 2 is 2.05 bits per heavy atom. The summed E-state index contributed by atoms with van der Waals surface area (Å²) in [6.45, 7) is 3.62. The van der Waals surface area contributed by atoms with Gasteiger partial charge in [0.15, 0.2) is 0 Å². The molecular formula is C13H17ClN2O2S. The molecule has 3 rings (SSSR count). The molecule has 19 heavy (non-hydrogen) atoms. The molecule has 2 aliphatic heterocycles. The maximum Gasteiger partial charge on any atom is 0.245 e.